The van der Waals surface area contributed by atoms with Gasteiger partial charge in [-0.05, 0) is 51.8 Å². The van der Waals surface area contributed by atoms with Gasteiger partial charge >= 0.3 is 0 Å². The first-order chi connectivity index (χ1) is 9.47. The van der Waals surface area contributed by atoms with E-state index < -0.39 is 11.7 Å². The molecule has 0 aliphatic rings. The van der Waals surface area contributed by atoms with E-state index in [2.05, 4.69) is 21.2 Å². The lowest BCUT2D eigenvalue weighted by molar-refractivity contribution is 0.100. The van der Waals surface area contributed by atoms with E-state index in [1.54, 1.807) is 12.1 Å². The highest BCUT2D eigenvalue weighted by Gasteiger charge is 2.07. The molecule has 0 bridgehead atoms. The van der Waals surface area contributed by atoms with Crippen LogP contribution in [0.25, 0.3) is 0 Å². The van der Waals surface area contributed by atoms with Crippen molar-refractivity contribution in [1.82, 2.24) is 0 Å². The number of hydrogen-bond donors (Lipinski definition) is 2. The van der Waals surface area contributed by atoms with E-state index in [0.29, 0.717) is 4.47 Å². The molecule has 3 N–H and O–H groups in total. The zero-order chi connectivity index (χ0) is 14.7. The van der Waals surface area contributed by atoms with E-state index in [0.717, 1.165) is 5.56 Å². The van der Waals surface area contributed by atoms with Crippen LogP contribution in [-0.2, 0) is 6.54 Å². The molecule has 0 saturated carbocycles. The minimum Gasteiger partial charge on any atom is -0.379 e. The van der Waals surface area contributed by atoms with Crippen molar-refractivity contribution >= 4 is 27.5 Å². The van der Waals surface area contributed by atoms with Crippen molar-refractivity contribution in [3.05, 3.63) is 63.6 Å². The van der Waals surface area contributed by atoms with Gasteiger partial charge in [0.05, 0.1) is 10.2 Å². The van der Waals surface area contributed by atoms with Crippen molar-refractivity contribution in [2.24, 2.45) is 5.73 Å². The van der Waals surface area contributed by atoms with Gasteiger partial charge in [0, 0.05) is 12.1 Å². The molecule has 0 saturated heterocycles. The summed E-state index contributed by atoms with van der Waals surface area (Å²) >= 11 is 3.08. The number of hydrogen-bond acceptors (Lipinski definition) is 2. The molecule has 0 spiro atoms. The summed E-state index contributed by atoms with van der Waals surface area (Å²) in [6.07, 6.45) is 0. The summed E-state index contributed by atoms with van der Waals surface area (Å²) in [5.41, 5.74) is 6.29. The Morgan fingerprint density at radius 1 is 1.15 bits per heavy atom. The molecule has 104 valence electrons. The minimum absolute atomic E-state index is 0.168. The van der Waals surface area contributed by atoms with Crippen LogP contribution < -0.4 is 11.1 Å². The van der Waals surface area contributed by atoms with E-state index in [4.69, 9.17) is 5.73 Å². The van der Waals surface area contributed by atoms with Crippen LogP contribution in [0.1, 0.15) is 15.9 Å². The average Bonchev–Trinajstić information content (AvgIpc) is 2.41. The molecule has 0 aliphatic carbocycles. The topological polar surface area (TPSA) is 55.1 Å². The van der Waals surface area contributed by atoms with Gasteiger partial charge in [0.25, 0.3) is 0 Å². The molecule has 2 aromatic rings. The number of benzene rings is 2. The molecule has 1 amide bonds. The molecule has 3 nitrogen and oxygen atoms in total. The maximum Gasteiger partial charge on any atom is 0.248 e. The van der Waals surface area contributed by atoms with Gasteiger partial charge in [-0.15, -0.1) is 0 Å². The Bertz CT molecular complexity index is 662. The average molecular weight is 341 g/mol. The number of nitrogens with one attached hydrogen (secondary N) is 1. The molecular formula is C14H11BrF2N2O. The van der Waals surface area contributed by atoms with Gasteiger partial charge < -0.3 is 11.1 Å². The highest BCUT2D eigenvalue weighted by Crippen LogP contribution is 2.20. The lowest BCUT2D eigenvalue weighted by Crippen LogP contribution is -2.12. The highest BCUT2D eigenvalue weighted by molar-refractivity contribution is 9.10. The summed E-state index contributed by atoms with van der Waals surface area (Å²) in [4.78, 5) is 11.0. The quantitative estimate of drug-likeness (QED) is 0.895. The molecule has 0 radical (unpaired) electrons. The van der Waals surface area contributed by atoms with Gasteiger partial charge in [-0.2, -0.15) is 0 Å². The zero-order valence-electron chi connectivity index (χ0n) is 10.3. The van der Waals surface area contributed by atoms with Crippen LogP contribution in [0.15, 0.2) is 40.9 Å². The van der Waals surface area contributed by atoms with Crippen LogP contribution in [0, 0.1) is 11.6 Å². The van der Waals surface area contributed by atoms with Crippen LogP contribution >= 0.6 is 15.9 Å². The fourth-order valence-electron chi connectivity index (χ4n) is 1.66. The second-order valence-electron chi connectivity index (χ2n) is 4.16. The second kappa shape index (κ2) is 6.00. The third kappa shape index (κ3) is 3.33. The van der Waals surface area contributed by atoms with Gasteiger partial charge in [0.15, 0.2) is 0 Å². The normalized spacial score (nSPS) is 10.3. The van der Waals surface area contributed by atoms with Crippen LogP contribution in [0.4, 0.5) is 14.5 Å². The van der Waals surface area contributed by atoms with Crippen molar-refractivity contribution in [2.45, 2.75) is 6.54 Å². The molecule has 0 fully saturated rings. The predicted molar refractivity (Wildman–Crippen MR) is 76.3 cm³/mol. The fourth-order valence-corrected chi connectivity index (χ4v) is 2.09. The number of primary amides is 1. The van der Waals surface area contributed by atoms with E-state index in [9.17, 15) is 13.6 Å². The van der Waals surface area contributed by atoms with Gasteiger partial charge in [0.2, 0.25) is 5.91 Å². The molecular weight excluding hydrogens is 330 g/mol. The monoisotopic (exact) mass is 340 g/mol. The van der Waals surface area contributed by atoms with Gasteiger partial charge in [-0.1, -0.05) is 6.07 Å². The van der Waals surface area contributed by atoms with Crippen molar-refractivity contribution < 1.29 is 13.6 Å². The Morgan fingerprint density at radius 3 is 2.50 bits per heavy atom. The summed E-state index contributed by atoms with van der Waals surface area (Å²) < 4.78 is 27.0. The van der Waals surface area contributed by atoms with Crippen molar-refractivity contribution in [3.63, 3.8) is 0 Å². The minimum atomic E-state index is -0.627. The Balaban J connectivity index is 2.15. The highest BCUT2D eigenvalue weighted by atomic mass is 79.9. The first-order valence-corrected chi connectivity index (χ1v) is 6.54. The number of amides is 1. The summed E-state index contributed by atoms with van der Waals surface area (Å²) in [6.45, 7) is 0.290. The maximum atomic E-state index is 13.6. The molecule has 20 heavy (non-hydrogen) atoms. The largest absolute Gasteiger partial charge is 0.379 e. The molecule has 0 aliphatic heterocycles. The predicted octanol–water partition coefficient (Wildman–Crippen LogP) is 3.44. The molecule has 6 heteroatoms. The van der Waals surface area contributed by atoms with Crippen LogP contribution in [0.5, 0.6) is 0 Å². The lowest BCUT2D eigenvalue weighted by atomic mass is 10.1. The summed E-state index contributed by atoms with van der Waals surface area (Å²) in [5, 5.41) is 2.85. The number of anilines is 1. The summed E-state index contributed by atoms with van der Waals surface area (Å²) in [6, 6.07) is 8.33. The molecule has 0 heterocycles. The van der Waals surface area contributed by atoms with E-state index in [1.165, 1.54) is 24.3 Å². The number of nitrogens with two attached hydrogens (primary N) is 1. The summed E-state index contributed by atoms with van der Waals surface area (Å²) in [7, 11) is 0. The van der Waals surface area contributed by atoms with Crippen molar-refractivity contribution in [1.29, 1.82) is 0 Å². The Hall–Kier alpha value is -1.95. The van der Waals surface area contributed by atoms with Crippen molar-refractivity contribution in [3.8, 4) is 0 Å². The fraction of sp³-hybridized carbons (Fsp3) is 0.0714. The Morgan fingerprint density at radius 2 is 1.85 bits per heavy atom. The lowest BCUT2D eigenvalue weighted by Gasteiger charge is -2.09. The molecule has 2 rings (SSSR count). The van der Waals surface area contributed by atoms with Crippen molar-refractivity contribution in [2.75, 3.05) is 5.32 Å². The molecule has 0 aromatic heterocycles. The Labute approximate surface area is 122 Å². The number of halogens is 3. The standard InChI is InChI=1S/C14H11BrF2N2O/c15-10-5-8(1-3-11(10)16)7-19-13-6-9(14(18)20)2-4-12(13)17/h1-6,19H,7H2,(H2,18,20). The zero-order valence-corrected chi connectivity index (χ0v) is 11.9. The maximum absolute atomic E-state index is 13.6. The number of rotatable bonds is 4. The van der Waals surface area contributed by atoms with Crippen LogP contribution in [-0.4, -0.2) is 5.91 Å². The number of carbonyl (C=O) groups excluding carboxylic acids is 1. The first kappa shape index (κ1) is 14.5. The second-order valence-corrected chi connectivity index (χ2v) is 5.02. The third-order valence-electron chi connectivity index (χ3n) is 2.72. The van der Waals surface area contributed by atoms with Crippen LogP contribution in [0.2, 0.25) is 0 Å². The Kier molecular flexibility index (Phi) is 4.34. The molecule has 0 atom stereocenters. The molecule has 2 aromatic carbocycles. The third-order valence-corrected chi connectivity index (χ3v) is 3.33. The first-order valence-electron chi connectivity index (χ1n) is 5.74. The van der Waals surface area contributed by atoms with E-state index in [1.807, 2.05) is 0 Å². The van der Waals surface area contributed by atoms with Gasteiger partial charge in [-0.25, -0.2) is 8.78 Å². The van der Waals surface area contributed by atoms with E-state index in [-0.39, 0.29) is 23.6 Å². The van der Waals surface area contributed by atoms with Gasteiger partial charge in [-0.3, -0.25) is 4.79 Å². The number of carbonyl (C=O) groups is 1. The molecule has 0 unspecified atom stereocenters. The smallest absolute Gasteiger partial charge is 0.248 e. The van der Waals surface area contributed by atoms with Crippen LogP contribution in [0.3, 0.4) is 0 Å². The van der Waals surface area contributed by atoms with Gasteiger partial charge in [0.1, 0.15) is 11.6 Å². The summed E-state index contributed by atoms with van der Waals surface area (Å²) in [5.74, 6) is -1.48. The van der Waals surface area contributed by atoms with E-state index >= 15 is 0 Å². The SMILES string of the molecule is NC(=O)c1ccc(F)c(NCc2ccc(F)c(Br)c2)c1.